The summed E-state index contributed by atoms with van der Waals surface area (Å²) in [5, 5.41) is 4.02. The number of thiazole rings is 1. The molecule has 19 heavy (non-hydrogen) atoms. The van der Waals surface area contributed by atoms with Crippen LogP contribution < -0.4 is 11.2 Å². The summed E-state index contributed by atoms with van der Waals surface area (Å²) in [6.45, 7) is 1.79. The number of aromatic amines is 1. The molecule has 4 N–H and O–H groups in total. The number of amides is 1. The van der Waals surface area contributed by atoms with Gasteiger partial charge in [0.15, 0.2) is 3.95 Å². The number of carbonyl (C=O) groups excluding carboxylic acids is 1. The zero-order valence-electron chi connectivity index (χ0n) is 10.4. The van der Waals surface area contributed by atoms with E-state index < -0.39 is 0 Å². The molecule has 0 aromatic carbocycles. The highest BCUT2D eigenvalue weighted by Crippen LogP contribution is 2.20. The van der Waals surface area contributed by atoms with E-state index in [0.29, 0.717) is 20.4 Å². The molecule has 0 bridgehead atoms. The Morgan fingerprint density at radius 3 is 2.89 bits per heavy atom. The van der Waals surface area contributed by atoms with Crippen LogP contribution in [0.2, 0.25) is 0 Å². The van der Waals surface area contributed by atoms with Gasteiger partial charge in [-0.05, 0) is 31.3 Å². The van der Waals surface area contributed by atoms with Crippen molar-refractivity contribution in [3.63, 3.8) is 0 Å². The number of carbonyl (C=O) groups is 1. The Morgan fingerprint density at radius 2 is 2.37 bits per heavy atom. The molecule has 2 aromatic heterocycles. The standard InChI is InChI=1S/C11H13N5OS2/c1-6(7-4-3-5-13-7)14-15-10(17)8-9(12)16(2)11(18)19-8/h3-5,13H,12H2,1-2H3,(H,15,17)/b14-6+. The lowest BCUT2D eigenvalue weighted by Crippen LogP contribution is -2.20. The fourth-order valence-corrected chi connectivity index (χ4v) is 2.56. The van der Waals surface area contributed by atoms with E-state index in [0.717, 1.165) is 17.0 Å². The molecule has 2 rings (SSSR count). The van der Waals surface area contributed by atoms with Crippen molar-refractivity contribution in [3.8, 4) is 0 Å². The summed E-state index contributed by atoms with van der Waals surface area (Å²) in [6.07, 6.45) is 1.79. The number of H-pyrrole nitrogens is 1. The Hall–Kier alpha value is -1.93. The smallest absolute Gasteiger partial charge is 0.285 e. The van der Waals surface area contributed by atoms with Crippen LogP contribution in [0.3, 0.4) is 0 Å². The number of rotatable bonds is 3. The highest BCUT2D eigenvalue weighted by Gasteiger charge is 2.15. The van der Waals surface area contributed by atoms with E-state index in [1.54, 1.807) is 24.7 Å². The van der Waals surface area contributed by atoms with E-state index >= 15 is 0 Å². The number of nitrogens with zero attached hydrogens (tertiary/aromatic N) is 2. The minimum atomic E-state index is -0.361. The van der Waals surface area contributed by atoms with Crippen molar-refractivity contribution in [1.82, 2.24) is 15.0 Å². The lowest BCUT2D eigenvalue weighted by atomic mass is 10.3. The largest absolute Gasteiger partial charge is 0.384 e. The molecule has 2 heterocycles. The van der Waals surface area contributed by atoms with Crippen LogP contribution in [0.25, 0.3) is 0 Å². The average Bonchev–Trinajstić information content (AvgIpc) is 3.00. The second kappa shape index (κ2) is 5.37. The maximum atomic E-state index is 11.9. The summed E-state index contributed by atoms with van der Waals surface area (Å²) < 4.78 is 2.14. The topological polar surface area (TPSA) is 88.2 Å². The molecule has 6 nitrogen and oxygen atoms in total. The molecule has 8 heteroatoms. The van der Waals surface area contributed by atoms with Crippen molar-refractivity contribution in [3.05, 3.63) is 32.9 Å². The van der Waals surface area contributed by atoms with Crippen LogP contribution in [0, 0.1) is 3.95 Å². The van der Waals surface area contributed by atoms with Crippen LogP contribution >= 0.6 is 23.6 Å². The van der Waals surface area contributed by atoms with Gasteiger partial charge in [0.1, 0.15) is 10.7 Å². The first-order chi connectivity index (χ1) is 9.00. The van der Waals surface area contributed by atoms with E-state index in [4.69, 9.17) is 18.0 Å². The van der Waals surface area contributed by atoms with Gasteiger partial charge in [-0.25, -0.2) is 5.43 Å². The molecule has 0 aliphatic carbocycles. The summed E-state index contributed by atoms with van der Waals surface area (Å²) in [4.78, 5) is 15.3. The number of nitrogens with one attached hydrogen (secondary N) is 2. The molecule has 0 saturated heterocycles. The number of hydrazone groups is 1. The van der Waals surface area contributed by atoms with Crippen LogP contribution in [-0.2, 0) is 7.05 Å². The van der Waals surface area contributed by atoms with Gasteiger partial charge in [-0.3, -0.25) is 4.79 Å². The second-order valence-electron chi connectivity index (χ2n) is 3.86. The van der Waals surface area contributed by atoms with Crippen LogP contribution in [0.5, 0.6) is 0 Å². The predicted molar refractivity (Wildman–Crippen MR) is 79.0 cm³/mol. The number of anilines is 1. The molecule has 0 aliphatic heterocycles. The van der Waals surface area contributed by atoms with Gasteiger partial charge in [-0.2, -0.15) is 5.10 Å². The number of nitrogen functional groups attached to an aromatic ring is 1. The Balaban J connectivity index is 2.16. The maximum absolute atomic E-state index is 11.9. The summed E-state index contributed by atoms with van der Waals surface area (Å²) in [5.74, 6) is -0.0136. The third kappa shape index (κ3) is 2.74. The molecule has 0 saturated carbocycles. The van der Waals surface area contributed by atoms with Crippen LogP contribution in [0.1, 0.15) is 22.3 Å². The number of nitrogens with two attached hydrogens (primary N) is 1. The predicted octanol–water partition coefficient (Wildman–Crippen LogP) is 1.88. The number of hydrogen-bond donors (Lipinski definition) is 3. The van der Waals surface area contributed by atoms with Crippen molar-refractivity contribution in [2.24, 2.45) is 12.1 Å². The van der Waals surface area contributed by atoms with Gasteiger partial charge in [0.2, 0.25) is 0 Å². The SMILES string of the molecule is C/C(=N\NC(=O)c1sc(=S)n(C)c1N)c1ccc[nH]1. The Morgan fingerprint density at radius 1 is 1.63 bits per heavy atom. The highest BCUT2D eigenvalue weighted by atomic mass is 32.1. The molecule has 100 valence electrons. The van der Waals surface area contributed by atoms with Crippen molar-refractivity contribution in [2.45, 2.75) is 6.92 Å². The molecule has 0 atom stereocenters. The zero-order valence-corrected chi connectivity index (χ0v) is 12.1. The maximum Gasteiger partial charge on any atom is 0.285 e. The molecule has 1 amide bonds. The van der Waals surface area contributed by atoms with E-state index in [9.17, 15) is 4.79 Å². The van der Waals surface area contributed by atoms with E-state index in [2.05, 4.69) is 15.5 Å². The molecule has 0 aliphatic rings. The fourth-order valence-electron chi connectivity index (χ4n) is 1.42. The lowest BCUT2D eigenvalue weighted by molar-refractivity contribution is 0.0959. The normalized spacial score (nSPS) is 11.6. The number of hydrogen-bond acceptors (Lipinski definition) is 5. The third-order valence-electron chi connectivity index (χ3n) is 2.58. The van der Waals surface area contributed by atoms with Crippen molar-refractivity contribution >= 4 is 41.0 Å². The first-order valence-corrected chi connectivity index (χ1v) is 6.67. The van der Waals surface area contributed by atoms with Gasteiger partial charge in [-0.1, -0.05) is 11.3 Å². The molecule has 0 fully saturated rings. The lowest BCUT2D eigenvalue weighted by Gasteiger charge is -2.01. The zero-order chi connectivity index (χ0) is 14.0. The first kappa shape index (κ1) is 13.5. The molecule has 0 radical (unpaired) electrons. The fraction of sp³-hybridized carbons (Fsp3) is 0.182. The van der Waals surface area contributed by atoms with E-state index in [1.165, 1.54) is 0 Å². The molecule has 0 unspecified atom stereocenters. The minimum Gasteiger partial charge on any atom is -0.384 e. The van der Waals surface area contributed by atoms with Crippen LogP contribution in [0.4, 0.5) is 5.82 Å². The van der Waals surface area contributed by atoms with Gasteiger partial charge in [0.05, 0.1) is 11.4 Å². The average molecular weight is 295 g/mol. The van der Waals surface area contributed by atoms with Crippen LogP contribution in [-0.4, -0.2) is 21.2 Å². The van der Waals surface area contributed by atoms with Gasteiger partial charge in [-0.15, -0.1) is 0 Å². The summed E-state index contributed by atoms with van der Waals surface area (Å²) in [6, 6.07) is 3.72. The molecular formula is C11H13N5OS2. The number of aromatic nitrogens is 2. The van der Waals surface area contributed by atoms with Crippen molar-refractivity contribution < 1.29 is 4.79 Å². The summed E-state index contributed by atoms with van der Waals surface area (Å²) >= 11 is 6.22. The van der Waals surface area contributed by atoms with E-state index in [1.807, 2.05) is 12.1 Å². The van der Waals surface area contributed by atoms with Gasteiger partial charge < -0.3 is 15.3 Å². The third-order valence-corrected chi connectivity index (χ3v) is 4.15. The molecular weight excluding hydrogens is 282 g/mol. The minimum absolute atomic E-state index is 0.347. The Labute approximate surface area is 119 Å². The summed E-state index contributed by atoms with van der Waals surface area (Å²) in [5.41, 5.74) is 9.78. The highest BCUT2D eigenvalue weighted by molar-refractivity contribution is 7.73. The van der Waals surface area contributed by atoms with Gasteiger partial charge in [0, 0.05) is 13.2 Å². The first-order valence-electron chi connectivity index (χ1n) is 5.44. The monoisotopic (exact) mass is 295 g/mol. The van der Waals surface area contributed by atoms with Crippen molar-refractivity contribution in [2.75, 3.05) is 5.73 Å². The Kier molecular flexibility index (Phi) is 3.82. The van der Waals surface area contributed by atoms with E-state index in [-0.39, 0.29) is 5.91 Å². The quantitative estimate of drug-likeness (QED) is 0.459. The van der Waals surface area contributed by atoms with Gasteiger partial charge >= 0.3 is 0 Å². The second-order valence-corrected chi connectivity index (χ2v) is 5.51. The molecule has 2 aromatic rings. The summed E-state index contributed by atoms with van der Waals surface area (Å²) in [7, 11) is 1.72. The van der Waals surface area contributed by atoms with Crippen LogP contribution in [0.15, 0.2) is 23.4 Å². The van der Waals surface area contributed by atoms with Gasteiger partial charge in [0.25, 0.3) is 5.91 Å². The molecule has 0 spiro atoms. The van der Waals surface area contributed by atoms with Crippen molar-refractivity contribution in [1.29, 1.82) is 0 Å². The Bertz CT molecular complexity index is 681.